The van der Waals surface area contributed by atoms with Gasteiger partial charge in [-0.05, 0) is 42.1 Å². The minimum absolute atomic E-state index is 0.153. The number of allylic oxidation sites excluding steroid dienone is 2. The molecule has 0 aromatic heterocycles. The van der Waals surface area contributed by atoms with Gasteiger partial charge in [-0.3, -0.25) is 0 Å². The highest BCUT2D eigenvalue weighted by molar-refractivity contribution is 6.00. The summed E-state index contributed by atoms with van der Waals surface area (Å²) in [6.45, 7) is 13.5. The molecule has 0 saturated heterocycles. The Kier molecular flexibility index (Phi) is 3.14. The Morgan fingerprint density at radius 1 is 1.27 bits per heavy atom. The highest BCUT2D eigenvalue weighted by Crippen LogP contribution is 2.47. The van der Waals surface area contributed by atoms with E-state index >= 15 is 0 Å². The lowest BCUT2D eigenvalue weighted by atomic mass is 9.72. The second-order valence-electron chi connectivity index (χ2n) is 6.45. The Morgan fingerprint density at radius 2 is 1.80 bits per heavy atom. The van der Waals surface area contributed by atoms with Crippen LogP contribution in [0.3, 0.4) is 0 Å². The van der Waals surface area contributed by atoms with E-state index in [1.807, 2.05) is 0 Å². The van der Waals surface area contributed by atoms with Gasteiger partial charge >= 0.3 is 0 Å². The molecule has 0 heterocycles. The van der Waals surface area contributed by atoms with Gasteiger partial charge in [0.15, 0.2) is 0 Å². The second kappa shape index (κ2) is 3.77. The minimum atomic E-state index is 0.153. The Balaban J connectivity index is 3.17. The van der Waals surface area contributed by atoms with Crippen LogP contribution in [-0.4, -0.2) is 5.71 Å². The zero-order chi connectivity index (χ0) is 11.9. The van der Waals surface area contributed by atoms with Crippen LogP contribution in [0.5, 0.6) is 0 Å². The van der Waals surface area contributed by atoms with Gasteiger partial charge in [-0.15, -0.1) is 0 Å². The maximum absolute atomic E-state index is 8.26. The summed E-state index contributed by atoms with van der Waals surface area (Å²) in [5.41, 5.74) is 2.61. The molecule has 1 N–H and O–H groups in total. The smallest absolute Gasteiger partial charge is 0.0376 e. The maximum Gasteiger partial charge on any atom is 0.0376 e. The van der Waals surface area contributed by atoms with Gasteiger partial charge in [0.2, 0.25) is 0 Å². The third-order valence-corrected chi connectivity index (χ3v) is 3.58. The van der Waals surface area contributed by atoms with E-state index in [0.29, 0.717) is 11.3 Å². The molecule has 1 aliphatic carbocycles. The average Bonchev–Trinajstić information content (AvgIpc) is 2.04. The summed E-state index contributed by atoms with van der Waals surface area (Å²) in [6, 6.07) is 0. The highest BCUT2D eigenvalue weighted by atomic mass is 14.5. The topological polar surface area (TPSA) is 23.9 Å². The lowest BCUT2D eigenvalue weighted by Crippen LogP contribution is -2.23. The first-order chi connectivity index (χ1) is 6.69. The monoisotopic (exact) mass is 207 g/mol. The summed E-state index contributed by atoms with van der Waals surface area (Å²) in [5.74, 6) is 0.396. The number of hydrogen-bond donors (Lipinski definition) is 1. The van der Waals surface area contributed by atoms with E-state index in [4.69, 9.17) is 5.41 Å². The van der Waals surface area contributed by atoms with Crippen LogP contribution in [0.25, 0.3) is 0 Å². The molecule has 1 rings (SSSR count). The van der Waals surface area contributed by atoms with Gasteiger partial charge < -0.3 is 5.41 Å². The van der Waals surface area contributed by atoms with Crippen molar-refractivity contribution in [3.8, 4) is 0 Å². The Bertz CT molecular complexity index is 294. The Labute approximate surface area is 94.5 Å². The van der Waals surface area contributed by atoms with Gasteiger partial charge in [0.25, 0.3) is 0 Å². The quantitative estimate of drug-likeness (QED) is 0.568. The minimum Gasteiger partial charge on any atom is -0.305 e. The number of nitrogens with one attached hydrogen (secondary N) is 1. The lowest BCUT2D eigenvalue weighted by molar-refractivity contribution is 0.217. The summed E-state index contributed by atoms with van der Waals surface area (Å²) < 4.78 is 0. The molecule has 1 fully saturated rings. The summed E-state index contributed by atoms with van der Waals surface area (Å²) in [5, 5.41) is 8.26. The molecule has 0 aromatic rings. The second-order valence-corrected chi connectivity index (χ2v) is 6.45. The zero-order valence-electron chi connectivity index (χ0n) is 11.1. The Hall–Kier alpha value is -0.590. The van der Waals surface area contributed by atoms with E-state index in [1.165, 1.54) is 12.0 Å². The number of hydrogen-bond acceptors (Lipinski definition) is 1. The van der Waals surface area contributed by atoms with E-state index < -0.39 is 0 Å². The van der Waals surface area contributed by atoms with Gasteiger partial charge in [-0.2, -0.15) is 0 Å². The first-order valence-electron chi connectivity index (χ1n) is 5.95. The third kappa shape index (κ3) is 2.50. The van der Waals surface area contributed by atoms with E-state index in [2.05, 4.69) is 47.6 Å². The molecule has 1 unspecified atom stereocenters. The molecule has 0 spiro atoms. The van der Waals surface area contributed by atoms with E-state index in [-0.39, 0.29) is 5.41 Å². The van der Waals surface area contributed by atoms with Gasteiger partial charge in [0, 0.05) is 5.71 Å². The molecule has 0 bridgehead atoms. The summed E-state index contributed by atoms with van der Waals surface area (Å²) >= 11 is 0. The molecule has 1 aliphatic rings. The van der Waals surface area contributed by atoms with Crippen LogP contribution in [0.15, 0.2) is 11.6 Å². The van der Waals surface area contributed by atoms with Crippen LogP contribution in [0.1, 0.15) is 54.4 Å². The van der Waals surface area contributed by atoms with E-state index in [9.17, 15) is 0 Å². The first-order valence-corrected chi connectivity index (χ1v) is 5.95. The molecule has 1 atom stereocenters. The summed E-state index contributed by atoms with van der Waals surface area (Å²) in [7, 11) is 0. The molecule has 1 heteroatoms. The fourth-order valence-electron chi connectivity index (χ4n) is 3.47. The van der Waals surface area contributed by atoms with Crippen LogP contribution in [0, 0.1) is 22.2 Å². The SMILES string of the molecule is C/C=C1\C(=N)C(C)CC(C)(C)CC1(C)C. The molecular weight excluding hydrogens is 182 g/mol. The first kappa shape index (κ1) is 12.5. The molecule has 86 valence electrons. The van der Waals surface area contributed by atoms with Crippen LogP contribution in [0.2, 0.25) is 0 Å². The normalized spacial score (nSPS) is 32.8. The van der Waals surface area contributed by atoms with Gasteiger partial charge in [0.05, 0.1) is 0 Å². The van der Waals surface area contributed by atoms with Crippen LogP contribution < -0.4 is 0 Å². The van der Waals surface area contributed by atoms with E-state index in [1.54, 1.807) is 0 Å². The molecule has 15 heavy (non-hydrogen) atoms. The molecule has 0 aliphatic heterocycles. The predicted octanol–water partition coefficient (Wildman–Crippen LogP) is 4.43. The molecule has 0 amide bonds. The van der Waals surface area contributed by atoms with Crippen LogP contribution >= 0.6 is 0 Å². The van der Waals surface area contributed by atoms with Gasteiger partial charge in [-0.1, -0.05) is 40.7 Å². The van der Waals surface area contributed by atoms with Crippen LogP contribution in [0.4, 0.5) is 0 Å². The fourth-order valence-corrected chi connectivity index (χ4v) is 3.47. The van der Waals surface area contributed by atoms with Crippen molar-refractivity contribution >= 4 is 5.71 Å². The molecule has 1 saturated carbocycles. The van der Waals surface area contributed by atoms with Gasteiger partial charge in [0.1, 0.15) is 0 Å². The maximum atomic E-state index is 8.26. The van der Waals surface area contributed by atoms with Crippen molar-refractivity contribution in [2.45, 2.75) is 54.4 Å². The third-order valence-electron chi connectivity index (χ3n) is 3.58. The fraction of sp³-hybridized carbons (Fsp3) is 0.786. The standard InChI is InChI=1S/C14H25N/c1-7-11-12(15)10(2)8-13(3,4)9-14(11,5)6/h7,10,15H,8-9H2,1-6H3/b11-7+,15-12?. The summed E-state index contributed by atoms with van der Waals surface area (Å²) in [6.07, 6.45) is 4.44. The lowest BCUT2D eigenvalue weighted by Gasteiger charge is -2.33. The van der Waals surface area contributed by atoms with E-state index in [0.717, 1.165) is 12.1 Å². The predicted molar refractivity (Wildman–Crippen MR) is 67.4 cm³/mol. The van der Waals surface area contributed by atoms with Crippen molar-refractivity contribution in [3.05, 3.63) is 11.6 Å². The molecular formula is C14H25N. The highest BCUT2D eigenvalue weighted by Gasteiger charge is 2.39. The summed E-state index contributed by atoms with van der Waals surface area (Å²) in [4.78, 5) is 0. The van der Waals surface area contributed by atoms with Crippen molar-refractivity contribution < 1.29 is 0 Å². The van der Waals surface area contributed by atoms with Crippen LogP contribution in [-0.2, 0) is 0 Å². The number of rotatable bonds is 0. The molecule has 1 nitrogen and oxygen atoms in total. The molecule has 0 radical (unpaired) electrons. The molecule has 0 aromatic carbocycles. The van der Waals surface area contributed by atoms with Crippen molar-refractivity contribution in [1.82, 2.24) is 0 Å². The largest absolute Gasteiger partial charge is 0.305 e. The van der Waals surface area contributed by atoms with Crippen molar-refractivity contribution in [3.63, 3.8) is 0 Å². The Morgan fingerprint density at radius 3 is 2.27 bits per heavy atom. The van der Waals surface area contributed by atoms with Crippen molar-refractivity contribution in [1.29, 1.82) is 5.41 Å². The van der Waals surface area contributed by atoms with Gasteiger partial charge in [-0.25, -0.2) is 0 Å². The zero-order valence-corrected chi connectivity index (χ0v) is 11.1. The average molecular weight is 207 g/mol. The van der Waals surface area contributed by atoms with Crippen molar-refractivity contribution in [2.24, 2.45) is 16.7 Å². The van der Waals surface area contributed by atoms with Crippen molar-refractivity contribution in [2.75, 3.05) is 0 Å².